The van der Waals surface area contributed by atoms with E-state index in [1.165, 1.54) is 16.9 Å². The van der Waals surface area contributed by atoms with Crippen LogP contribution in [0, 0.1) is 0 Å². The van der Waals surface area contributed by atoms with Gasteiger partial charge in [-0.15, -0.1) is 23.1 Å². The molecular formula is C16H20N2S2. The third-order valence-electron chi connectivity index (χ3n) is 3.85. The predicted molar refractivity (Wildman–Crippen MR) is 88.4 cm³/mol. The Morgan fingerprint density at radius 1 is 1.30 bits per heavy atom. The van der Waals surface area contributed by atoms with Crippen LogP contribution >= 0.6 is 23.1 Å². The van der Waals surface area contributed by atoms with Gasteiger partial charge in [-0.1, -0.05) is 19.1 Å². The van der Waals surface area contributed by atoms with Gasteiger partial charge in [0.05, 0.1) is 5.69 Å². The maximum atomic E-state index is 6.30. The molecule has 2 nitrogen and oxygen atoms in total. The SMILES string of the molecule is CCSc1ccc(-c2nc(CC3(N)CCC3)cs2)cc1. The van der Waals surface area contributed by atoms with E-state index in [0.717, 1.165) is 35.7 Å². The van der Waals surface area contributed by atoms with E-state index in [1.54, 1.807) is 11.3 Å². The third kappa shape index (κ3) is 3.08. The molecule has 0 radical (unpaired) electrons. The summed E-state index contributed by atoms with van der Waals surface area (Å²) in [6.07, 6.45) is 4.48. The lowest BCUT2D eigenvalue weighted by molar-refractivity contribution is 0.246. The lowest BCUT2D eigenvalue weighted by Gasteiger charge is -2.37. The molecule has 0 amide bonds. The van der Waals surface area contributed by atoms with Crippen LogP contribution in [0.25, 0.3) is 10.6 Å². The number of nitrogens with zero attached hydrogens (tertiary/aromatic N) is 1. The summed E-state index contributed by atoms with van der Waals surface area (Å²) in [6.45, 7) is 2.18. The van der Waals surface area contributed by atoms with E-state index in [4.69, 9.17) is 10.7 Å². The first kappa shape index (κ1) is 14.1. The Labute approximate surface area is 128 Å². The molecule has 4 heteroatoms. The third-order valence-corrected chi connectivity index (χ3v) is 5.68. The van der Waals surface area contributed by atoms with Gasteiger partial charge in [0.1, 0.15) is 5.01 Å². The fourth-order valence-corrected chi connectivity index (χ4v) is 4.04. The number of rotatable bonds is 5. The smallest absolute Gasteiger partial charge is 0.123 e. The minimum atomic E-state index is 0.0208. The highest BCUT2D eigenvalue weighted by Crippen LogP contribution is 2.34. The first-order valence-corrected chi connectivity index (χ1v) is 9.02. The van der Waals surface area contributed by atoms with Crippen LogP contribution in [0.5, 0.6) is 0 Å². The molecule has 0 unspecified atom stereocenters. The summed E-state index contributed by atoms with van der Waals surface area (Å²) in [4.78, 5) is 6.08. The molecule has 0 spiro atoms. The lowest BCUT2D eigenvalue weighted by Crippen LogP contribution is -2.48. The van der Waals surface area contributed by atoms with Gasteiger partial charge < -0.3 is 5.73 Å². The number of benzene rings is 1. The highest BCUT2D eigenvalue weighted by Gasteiger charge is 2.33. The van der Waals surface area contributed by atoms with Gasteiger partial charge in [-0.25, -0.2) is 4.98 Å². The molecule has 1 aliphatic rings. The summed E-state index contributed by atoms with van der Waals surface area (Å²) in [7, 11) is 0. The molecule has 0 atom stereocenters. The predicted octanol–water partition coefficient (Wildman–Crippen LogP) is 4.35. The van der Waals surface area contributed by atoms with E-state index < -0.39 is 0 Å². The van der Waals surface area contributed by atoms with Gasteiger partial charge in [0, 0.05) is 27.8 Å². The molecule has 1 heterocycles. The molecule has 0 aliphatic heterocycles. The Morgan fingerprint density at radius 3 is 2.65 bits per heavy atom. The topological polar surface area (TPSA) is 38.9 Å². The van der Waals surface area contributed by atoms with Gasteiger partial charge in [-0.3, -0.25) is 0 Å². The molecule has 0 saturated heterocycles. The summed E-state index contributed by atoms with van der Waals surface area (Å²) in [5.74, 6) is 1.11. The fourth-order valence-electron chi connectivity index (χ4n) is 2.55. The number of hydrogen-bond donors (Lipinski definition) is 1. The fraction of sp³-hybridized carbons (Fsp3) is 0.438. The van der Waals surface area contributed by atoms with Gasteiger partial charge in [0.2, 0.25) is 0 Å². The standard InChI is InChI=1S/C16H20N2S2/c1-2-19-14-6-4-12(5-7-14)15-18-13(11-20-15)10-16(17)8-3-9-16/h4-7,11H,2-3,8-10,17H2,1H3. The van der Waals surface area contributed by atoms with Crippen LogP contribution < -0.4 is 5.73 Å². The number of thiazole rings is 1. The van der Waals surface area contributed by atoms with E-state index in [2.05, 4.69) is 36.6 Å². The molecule has 106 valence electrons. The first-order chi connectivity index (χ1) is 9.68. The van der Waals surface area contributed by atoms with Crippen molar-refractivity contribution in [2.45, 2.75) is 43.0 Å². The molecule has 20 heavy (non-hydrogen) atoms. The molecule has 1 aliphatic carbocycles. The lowest BCUT2D eigenvalue weighted by atomic mass is 9.75. The van der Waals surface area contributed by atoms with Crippen LogP contribution in [-0.2, 0) is 6.42 Å². The molecule has 1 aromatic carbocycles. The zero-order valence-electron chi connectivity index (χ0n) is 11.8. The van der Waals surface area contributed by atoms with Crippen molar-refractivity contribution < 1.29 is 0 Å². The van der Waals surface area contributed by atoms with Crippen LogP contribution in [0.3, 0.4) is 0 Å². The molecule has 3 rings (SSSR count). The van der Waals surface area contributed by atoms with Gasteiger partial charge in [-0.2, -0.15) is 0 Å². The second kappa shape index (κ2) is 5.88. The van der Waals surface area contributed by atoms with E-state index in [1.807, 2.05) is 11.8 Å². The monoisotopic (exact) mass is 304 g/mol. The molecule has 1 aromatic heterocycles. The molecule has 2 N–H and O–H groups in total. The Bertz CT molecular complexity index is 570. The van der Waals surface area contributed by atoms with Crippen molar-refractivity contribution in [3.05, 3.63) is 35.3 Å². The molecular weight excluding hydrogens is 284 g/mol. The van der Waals surface area contributed by atoms with Gasteiger partial charge in [-0.05, 0) is 37.1 Å². The maximum absolute atomic E-state index is 6.30. The molecule has 0 bridgehead atoms. The Hall–Kier alpha value is -0.840. The van der Waals surface area contributed by atoms with Gasteiger partial charge in [0.25, 0.3) is 0 Å². The van der Waals surface area contributed by atoms with E-state index in [-0.39, 0.29) is 5.54 Å². The molecule has 1 fully saturated rings. The van der Waals surface area contributed by atoms with Crippen LogP contribution in [0.1, 0.15) is 31.9 Å². The van der Waals surface area contributed by atoms with Crippen molar-refractivity contribution in [2.24, 2.45) is 5.73 Å². The Kier molecular flexibility index (Phi) is 4.15. The second-order valence-electron chi connectivity index (χ2n) is 5.49. The average molecular weight is 304 g/mol. The minimum absolute atomic E-state index is 0.0208. The van der Waals surface area contributed by atoms with Crippen molar-refractivity contribution in [2.75, 3.05) is 5.75 Å². The van der Waals surface area contributed by atoms with Crippen LogP contribution in [-0.4, -0.2) is 16.3 Å². The van der Waals surface area contributed by atoms with Crippen molar-refractivity contribution in [1.82, 2.24) is 4.98 Å². The zero-order valence-corrected chi connectivity index (χ0v) is 13.4. The highest BCUT2D eigenvalue weighted by atomic mass is 32.2. The Morgan fingerprint density at radius 2 is 2.05 bits per heavy atom. The van der Waals surface area contributed by atoms with Gasteiger partial charge >= 0.3 is 0 Å². The van der Waals surface area contributed by atoms with Crippen molar-refractivity contribution in [1.29, 1.82) is 0 Å². The molecule has 2 aromatic rings. The maximum Gasteiger partial charge on any atom is 0.123 e. The zero-order chi connectivity index (χ0) is 14.0. The number of thioether (sulfide) groups is 1. The Balaban J connectivity index is 1.72. The van der Waals surface area contributed by atoms with Crippen LogP contribution in [0.15, 0.2) is 34.5 Å². The summed E-state index contributed by atoms with van der Waals surface area (Å²) in [5.41, 5.74) is 8.68. The summed E-state index contributed by atoms with van der Waals surface area (Å²) < 4.78 is 0. The average Bonchev–Trinajstić information content (AvgIpc) is 2.87. The summed E-state index contributed by atoms with van der Waals surface area (Å²) in [6, 6.07) is 8.70. The van der Waals surface area contributed by atoms with Crippen LogP contribution in [0.4, 0.5) is 0 Å². The highest BCUT2D eigenvalue weighted by molar-refractivity contribution is 7.99. The quantitative estimate of drug-likeness (QED) is 0.835. The summed E-state index contributed by atoms with van der Waals surface area (Å²) >= 11 is 3.59. The van der Waals surface area contributed by atoms with Gasteiger partial charge in [0.15, 0.2) is 0 Å². The normalized spacial score (nSPS) is 16.9. The van der Waals surface area contributed by atoms with Crippen molar-refractivity contribution in [3.8, 4) is 10.6 Å². The van der Waals surface area contributed by atoms with Crippen molar-refractivity contribution >= 4 is 23.1 Å². The molecule has 1 saturated carbocycles. The largest absolute Gasteiger partial charge is 0.325 e. The first-order valence-electron chi connectivity index (χ1n) is 7.15. The number of aromatic nitrogens is 1. The van der Waals surface area contributed by atoms with Crippen LogP contribution in [0.2, 0.25) is 0 Å². The van der Waals surface area contributed by atoms with Crippen molar-refractivity contribution in [3.63, 3.8) is 0 Å². The number of nitrogens with two attached hydrogens (primary N) is 1. The van der Waals surface area contributed by atoms with E-state index in [9.17, 15) is 0 Å². The van der Waals surface area contributed by atoms with E-state index >= 15 is 0 Å². The minimum Gasteiger partial charge on any atom is -0.325 e. The number of hydrogen-bond acceptors (Lipinski definition) is 4. The second-order valence-corrected chi connectivity index (χ2v) is 7.69. The summed E-state index contributed by atoms with van der Waals surface area (Å²) in [5, 5.41) is 3.27. The van der Waals surface area contributed by atoms with E-state index in [0.29, 0.717) is 0 Å².